The molecule has 1 heterocycles. The Morgan fingerprint density at radius 2 is 2.19 bits per heavy atom. The van der Waals surface area contributed by atoms with Crippen LogP contribution >= 0.6 is 23.1 Å². The molecule has 0 fully saturated rings. The average Bonchev–Trinajstić information content (AvgIpc) is 2.79. The molecular weight excluding hydrogens is 308 g/mol. The highest BCUT2D eigenvalue weighted by atomic mass is 35.5. The zero-order valence-electron chi connectivity index (χ0n) is 11.5. The number of amides is 2. The van der Waals surface area contributed by atoms with Gasteiger partial charge in [-0.2, -0.15) is 9.64 Å². The van der Waals surface area contributed by atoms with Crippen LogP contribution in [0.5, 0.6) is 0 Å². The first-order valence-electron chi connectivity index (χ1n) is 6.21. The van der Waals surface area contributed by atoms with Crippen LogP contribution in [0.1, 0.15) is 29.8 Å². The molecule has 0 aliphatic rings. The van der Waals surface area contributed by atoms with Gasteiger partial charge in [0.1, 0.15) is 16.6 Å². The lowest BCUT2D eigenvalue weighted by molar-refractivity contribution is 0.249. The lowest BCUT2D eigenvalue weighted by Gasteiger charge is -2.15. The van der Waals surface area contributed by atoms with E-state index in [0.717, 1.165) is 17.1 Å². The van der Waals surface area contributed by atoms with E-state index in [1.165, 1.54) is 0 Å². The maximum Gasteiger partial charge on any atom is 0.320 e. The van der Waals surface area contributed by atoms with E-state index in [9.17, 15) is 4.79 Å². The van der Waals surface area contributed by atoms with Crippen molar-refractivity contribution < 1.29 is 4.79 Å². The van der Waals surface area contributed by atoms with E-state index in [1.807, 2.05) is 31.2 Å². The van der Waals surface area contributed by atoms with E-state index in [-0.39, 0.29) is 6.04 Å². The van der Waals surface area contributed by atoms with Gasteiger partial charge in [-0.3, -0.25) is 5.32 Å². The first kappa shape index (κ1) is 15.3. The van der Waals surface area contributed by atoms with Crippen molar-refractivity contribution in [1.82, 2.24) is 9.69 Å². The number of benzene rings is 1. The minimum atomic E-state index is -0.400. The maximum absolute atomic E-state index is 12.0. The predicted molar refractivity (Wildman–Crippen MR) is 83.6 cm³/mol. The summed E-state index contributed by atoms with van der Waals surface area (Å²) in [6, 6.07) is 8.69. The van der Waals surface area contributed by atoms with Crippen LogP contribution in [0.2, 0.25) is 5.02 Å². The summed E-state index contributed by atoms with van der Waals surface area (Å²) < 4.78 is 4.05. The summed E-state index contributed by atoms with van der Waals surface area (Å²) in [5, 5.41) is 15.5. The number of urea groups is 1. The van der Waals surface area contributed by atoms with Gasteiger partial charge in [-0.1, -0.05) is 29.8 Å². The lowest BCUT2D eigenvalue weighted by Crippen LogP contribution is -2.31. The van der Waals surface area contributed by atoms with Gasteiger partial charge in [-0.25, -0.2) is 4.79 Å². The molecule has 1 aromatic carbocycles. The Morgan fingerprint density at radius 1 is 1.48 bits per heavy atom. The summed E-state index contributed by atoms with van der Waals surface area (Å²) in [7, 11) is 0. The Balaban J connectivity index is 2.05. The number of nitriles is 1. The number of carbonyl (C=O) groups is 1. The second-order valence-electron chi connectivity index (χ2n) is 4.43. The quantitative estimate of drug-likeness (QED) is 0.901. The van der Waals surface area contributed by atoms with Gasteiger partial charge in [-0.15, -0.1) is 0 Å². The summed E-state index contributed by atoms with van der Waals surface area (Å²) in [5.74, 6) is 0. The van der Waals surface area contributed by atoms with Gasteiger partial charge < -0.3 is 5.32 Å². The first-order valence-corrected chi connectivity index (χ1v) is 7.36. The minimum Gasteiger partial charge on any atom is -0.331 e. The van der Waals surface area contributed by atoms with Crippen LogP contribution < -0.4 is 10.6 Å². The fraction of sp³-hybridized carbons (Fsp3) is 0.214. The van der Waals surface area contributed by atoms with Crippen LogP contribution in [0.25, 0.3) is 0 Å². The van der Waals surface area contributed by atoms with E-state index >= 15 is 0 Å². The van der Waals surface area contributed by atoms with E-state index in [4.69, 9.17) is 16.9 Å². The Morgan fingerprint density at radius 3 is 2.86 bits per heavy atom. The van der Waals surface area contributed by atoms with Gasteiger partial charge in [0.2, 0.25) is 0 Å². The van der Waals surface area contributed by atoms with E-state index in [0.29, 0.717) is 21.3 Å². The van der Waals surface area contributed by atoms with Crippen molar-refractivity contribution in [1.29, 1.82) is 5.26 Å². The number of anilines is 1. The van der Waals surface area contributed by atoms with Gasteiger partial charge in [0.05, 0.1) is 11.7 Å². The Kier molecular flexibility index (Phi) is 4.78. The number of rotatable bonds is 3. The van der Waals surface area contributed by atoms with Gasteiger partial charge >= 0.3 is 6.03 Å². The van der Waals surface area contributed by atoms with Crippen molar-refractivity contribution in [3.05, 3.63) is 46.1 Å². The molecule has 2 amide bonds. The maximum atomic E-state index is 12.0. The molecule has 108 valence electrons. The second-order valence-corrected chi connectivity index (χ2v) is 5.61. The molecule has 5 nitrogen and oxygen atoms in total. The van der Waals surface area contributed by atoms with Gasteiger partial charge in [0.25, 0.3) is 0 Å². The largest absolute Gasteiger partial charge is 0.331 e. The van der Waals surface area contributed by atoms with Crippen LogP contribution in [0, 0.1) is 18.3 Å². The number of halogens is 1. The SMILES string of the molecule is Cc1nsc(NC(=O)NC(C)c2ccccc2Cl)c1C#N. The molecule has 0 bridgehead atoms. The highest BCUT2D eigenvalue weighted by Crippen LogP contribution is 2.24. The molecule has 7 heteroatoms. The van der Waals surface area contributed by atoms with Crippen LogP contribution in [0.15, 0.2) is 24.3 Å². The van der Waals surface area contributed by atoms with E-state index in [2.05, 4.69) is 15.0 Å². The number of aromatic nitrogens is 1. The molecular formula is C14H13ClN4OS. The normalized spacial score (nSPS) is 11.5. The third-order valence-electron chi connectivity index (χ3n) is 2.92. The molecule has 2 N–H and O–H groups in total. The summed E-state index contributed by atoms with van der Waals surface area (Å²) in [5.41, 5.74) is 1.83. The molecule has 0 radical (unpaired) electrons. The third kappa shape index (κ3) is 3.51. The van der Waals surface area contributed by atoms with Crippen molar-refractivity contribution in [2.45, 2.75) is 19.9 Å². The number of nitrogens with zero attached hydrogens (tertiary/aromatic N) is 2. The molecule has 21 heavy (non-hydrogen) atoms. The predicted octanol–water partition coefficient (Wildman–Crippen LogP) is 3.86. The standard InChI is InChI=1S/C14H13ClN4OS/c1-8(10-5-3-4-6-12(10)15)17-14(20)18-13-11(7-16)9(2)19-21-13/h3-6,8H,1-2H3,(H2,17,18,20). The van der Waals surface area contributed by atoms with Crippen molar-refractivity contribution in [2.24, 2.45) is 0 Å². The zero-order valence-corrected chi connectivity index (χ0v) is 13.0. The van der Waals surface area contributed by atoms with E-state index < -0.39 is 6.03 Å². The molecule has 0 aliphatic heterocycles. The van der Waals surface area contributed by atoms with Crippen molar-refractivity contribution >= 4 is 34.2 Å². The minimum absolute atomic E-state index is 0.252. The van der Waals surface area contributed by atoms with Crippen molar-refractivity contribution in [3.8, 4) is 6.07 Å². The molecule has 1 atom stereocenters. The Bertz CT molecular complexity index is 707. The molecule has 2 aromatic rings. The number of hydrogen-bond donors (Lipinski definition) is 2. The number of aryl methyl sites for hydroxylation is 1. The summed E-state index contributed by atoms with van der Waals surface area (Å²) in [6.45, 7) is 3.56. The fourth-order valence-electron chi connectivity index (χ4n) is 1.83. The van der Waals surface area contributed by atoms with Gasteiger partial charge in [0, 0.05) is 5.02 Å². The number of hydrogen-bond acceptors (Lipinski definition) is 4. The topological polar surface area (TPSA) is 77.8 Å². The monoisotopic (exact) mass is 320 g/mol. The highest BCUT2D eigenvalue weighted by molar-refractivity contribution is 7.10. The van der Waals surface area contributed by atoms with Crippen molar-refractivity contribution in [3.63, 3.8) is 0 Å². The lowest BCUT2D eigenvalue weighted by atomic mass is 10.1. The fourth-order valence-corrected chi connectivity index (χ4v) is 2.87. The van der Waals surface area contributed by atoms with E-state index in [1.54, 1.807) is 13.0 Å². The second kappa shape index (κ2) is 6.57. The Hall–Kier alpha value is -2.10. The molecule has 1 aromatic heterocycles. The Labute approximate surface area is 131 Å². The first-order chi connectivity index (χ1) is 10.0. The molecule has 1 unspecified atom stereocenters. The van der Waals surface area contributed by atoms with Crippen LogP contribution in [-0.2, 0) is 0 Å². The zero-order chi connectivity index (χ0) is 15.4. The van der Waals surface area contributed by atoms with Gasteiger partial charge in [-0.05, 0) is 37.0 Å². The average molecular weight is 321 g/mol. The molecule has 2 rings (SSSR count). The van der Waals surface area contributed by atoms with Crippen LogP contribution in [-0.4, -0.2) is 10.4 Å². The summed E-state index contributed by atoms with van der Waals surface area (Å²) >= 11 is 7.18. The van der Waals surface area contributed by atoms with Gasteiger partial charge in [0.15, 0.2) is 0 Å². The highest BCUT2D eigenvalue weighted by Gasteiger charge is 2.16. The van der Waals surface area contributed by atoms with Crippen molar-refractivity contribution in [2.75, 3.05) is 5.32 Å². The molecule has 0 saturated carbocycles. The number of carbonyl (C=O) groups excluding carboxylic acids is 1. The number of nitrogens with one attached hydrogen (secondary N) is 2. The summed E-state index contributed by atoms with van der Waals surface area (Å²) in [6.07, 6.45) is 0. The molecule has 0 spiro atoms. The molecule has 0 aliphatic carbocycles. The smallest absolute Gasteiger partial charge is 0.320 e. The summed E-state index contributed by atoms with van der Waals surface area (Å²) in [4.78, 5) is 12.0. The van der Waals surface area contributed by atoms with Crippen LogP contribution in [0.3, 0.4) is 0 Å². The third-order valence-corrected chi connectivity index (χ3v) is 4.12. The van der Waals surface area contributed by atoms with Crippen LogP contribution in [0.4, 0.5) is 9.80 Å². The molecule has 0 saturated heterocycles.